The molecule has 31 heavy (non-hydrogen) atoms. The number of nitrogens with zero attached hydrogens (tertiary/aromatic N) is 3. The summed E-state index contributed by atoms with van der Waals surface area (Å²) in [5.74, 6) is 0.0460. The second-order valence-corrected chi connectivity index (χ2v) is 8.54. The number of likely N-dealkylation sites (tertiary alicyclic amines) is 1. The zero-order valence-corrected chi connectivity index (χ0v) is 17.3. The molecule has 7 nitrogen and oxygen atoms in total. The van der Waals surface area contributed by atoms with Crippen LogP contribution in [0.3, 0.4) is 0 Å². The smallest absolute Gasteiger partial charge is 0.254 e. The predicted octanol–water partition coefficient (Wildman–Crippen LogP) is 2.49. The second kappa shape index (κ2) is 7.71. The Morgan fingerprint density at radius 1 is 1.06 bits per heavy atom. The molecule has 0 saturated carbocycles. The monoisotopic (exact) mass is 416 g/mol. The van der Waals surface area contributed by atoms with Gasteiger partial charge in [0.05, 0.1) is 18.6 Å². The van der Waals surface area contributed by atoms with Gasteiger partial charge in [0.15, 0.2) is 6.19 Å². The van der Waals surface area contributed by atoms with E-state index in [1.54, 1.807) is 4.90 Å². The molecule has 3 aliphatic heterocycles. The molecular weight excluding hydrogens is 392 g/mol. The summed E-state index contributed by atoms with van der Waals surface area (Å²) >= 11 is 0. The van der Waals surface area contributed by atoms with E-state index in [4.69, 9.17) is 4.74 Å². The van der Waals surface area contributed by atoms with Gasteiger partial charge in [-0.2, -0.15) is 5.26 Å². The van der Waals surface area contributed by atoms with Crippen molar-refractivity contribution in [1.29, 1.82) is 5.26 Å². The van der Waals surface area contributed by atoms with E-state index in [0.717, 1.165) is 22.4 Å². The molecule has 2 aromatic carbocycles. The molecule has 2 fully saturated rings. The Balaban J connectivity index is 1.37. The Morgan fingerprint density at radius 2 is 1.81 bits per heavy atom. The normalized spacial score (nSPS) is 22.7. The Bertz CT molecular complexity index is 1070. The highest BCUT2D eigenvalue weighted by Gasteiger charge is 2.47. The van der Waals surface area contributed by atoms with Gasteiger partial charge in [0.2, 0.25) is 5.91 Å². The number of hydrogen-bond donors (Lipinski definition) is 1. The first-order valence-corrected chi connectivity index (χ1v) is 10.6. The van der Waals surface area contributed by atoms with Crippen molar-refractivity contribution in [2.75, 3.05) is 44.7 Å². The van der Waals surface area contributed by atoms with Crippen LogP contribution in [0, 0.1) is 16.9 Å². The average Bonchev–Trinajstić information content (AvgIpc) is 3.24. The fourth-order valence-electron chi connectivity index (χ4n) is 4.78. The first kappa shape index (κ1) is 19.6. The number of anilines is 1. The van der Waals surface area contributed by atoms with Crippen molar-refractivity contribution >= 4 is 17.5 Å². The van der Waals surface area contributed by atoms with Gasteiger partial charge in [-0.1, -0.05) is 18.2 Å². The van der Waals surface area contributed by atoms with Crippen molar-refractivity contribution < 1.29 is 14.3 Å². The molecule has 158 valence electrons. The molecule has 7 heteroatoms. The van der Waals surface area contributed by atoms with E-state index in [-0.39, 0.29) is 11.8 Å². The summed E-state index contributed by atoms with van der Waals surface area (Å²) in [6.07, 6.45) is 3.49. The summed E-state index contributed by atoms with van der Waals surface area (Å²) in [7, 11) is 0. The van der Waals surface area contributed by atoms with Crippen molar-refractivity contribution in [2.24, 2.45) is 5.41 Å². The number of morpholine rings is 1. The molecule has 1 unspecified atom stereocenters. The molecule has 5 rings (SSSR count). The molecule has 0 bridgehead atoms. The predicted molar refractivity (Wildman–Crippen MR) is 115 cm³/mol. The minimum absolute atomic E-state index is 0.0106. The fraction of sp³-hybridized carbons (Fsp3) is 0.375. The molecule has 3 heterocycles. The number of hydrogen-bond acceptors (Lipinski definition) is 5. The minimum Gasteiger partial charge on any atom is -0.378 e. The maximum absolute atomic E-state index is 12.7. The van der Waals surface area contributed by atoms with Gasteiger partial charge in [-0.3, -0.25) is 9.59 Å². The van der Waals surface area contributed by atoms with Crippen LogP contribution >= 0.6 is 0 Å². The highest BCUT2D eigenvalue weighted by Crippen LogP contribution is 2.41. The maximum Gasteiger partial charge on any atom is 0.254 e. The standard InChI is InChI=1S/C24H24N4O3/c25-16-27-8-7-24(15-27)14-20-13-19(5-6-21(20)26-23(24)30)17-1-3-18(4-2-17)22(29)28-9-11-31-12-10-28/h1-6,13H,7-12,14-15H2,(H,26,30). The Morgan fingerprint density at radius 3 is 2.52 bits per heavy atom. The number of carbonyl (C=O) groups excluding carboxylic acids is 2. The average molecular weight is 416 g/mol. The van der Waals surface area contributed by atoms with Crippen molar-refractivity contribution in [2.45, 2.75) is 12.8 Å². The molecule has 1 N–H and O–H groups in total. The van der Waals surface area contributed by atoms with Crippen LogP contribution in [0.25, 0.3) is 11.1 Å². The van der Waals surface area contributed by atoms with Gasteiger partial charge >= 0.3 is 0 Å². The molecule has 1 spiro atoms. The molecule has 2 saturated heterocycles. The molecule has 0 aliphatic carbocycles. The quantitative estimate of drug-likeness (QED) is 0.761. The number of nitriles is 1. The molecule has 2 aromatic rings. The van der Waals surface area contributed by atoms with Crippen LogP contribution in [0.5, 0.6) is 0 Å². The second-order valence-electron chi connectivity index (χ2n) is 8.54. The first-order chi connectivity index (χ1) is 15.1. The molecule has 0 aromatic heterocycles. The molecule has 3 aliphatic rings. The topological polar surface area (TPSA) is 85.7 Å². The molecule has 0 radical (unpaired) electrons. The van der Waals surface area contributed by atoms with Crippen LogP contribution in [-0.4, -0.2) is 61.0 Å². The Labute approximate surface area is 181 Å². The van der Waals surface area contributed by atoms with Gasteiger partial charge in [-0.15, -0.1) is 0 Å². The summed E-state index contributed by atoms with van der Waals surface area (Å²) in [6, 6.07) is 13.7. The van der Waals surface area contributed by atoms with Gasteiger partial charge in [0.1, 0.15) is 0 Å². The van der Waals surface area contributed by atoms with Crippen LogP contribution in [0.15, 0.2) is 42.5 Å². The Hall–Kier alpha value is -3.37. The van der Waals surface area contributed by atoms with Crippen molar-refractivity contribution in [3.8, 4) is 17.3 Å². The summed E-state index contributed by atoms with van der Waals surface area (Å²) < 4.78 is 5.32. The number of carbonyl (C=O) groups is 2. The SMILES string of the molecule is N#CN1CCC2(Cc3cc(-c4ccc(C(=O)N5CCOCC5)cc4)ccc3NC2=O)C1. The lowest BCUT2D eigenvalue weighted by Gasteiger charge is -2.33. The van der Waals surface area contributed by atoms with Crippen molar-refractivity contribution in [1.82, 2.24) is 9.80 Å². The van der Waals surface area contributed by atoms with E-state index < -0.39 is 5.41 Å². The first-order valence-electron chi connectivity index (χ1n) is 10.6. The van der Waals surface area contributed by atoms with Gasteiger partial charge in [-0.25, -0.2) is 0 Å². The van der Waals surface area contributed by atoms with Crippen LogP contribution < -0.4 is 5.32 Å². The highest BCUT2D eigenvalue weighted by molar-refractivity contribution is 5.99. The van der Waals surface area contributed by atoms with Crippen LogP contribution in [-0.2, 0) is 16.0 Å². The van der Waals surface area contributed by atoms with Crippen LogP contribution in [0.2, 0.25) is 0 Å². The molecular formula is C24H24N4O3. The number of amides is 2. The van der Waals surface area contributed by atoms with Gasteiger partial charge in [-0.05, 0) is 53.8 Å². The van der Waals surface area contributed by atoms with E-state index >= 15 is 0 Å². The van der Waals surface area contributed by atoms with Gasteiger partial charge < -0.3 is 19.9 Å². The third-order valence-corrected chi connectivity index (χ3v) is 6.62. The summed E-state index contributed by atoms with van der Waals surface area (Å²) in [4.78, 5) is 28.9. The number of ether oxygens (including phenoxy) is 1. The van der Waals surface area contributed by atoms with Gasteiger partial charge in [0, 0.05) is 37.4 Å². The van der Waals surface area contributed by atoms with Crippen molar-refractivity contribution in [3.63, 3.8) is 0 Å². The fourth-order valence-corrected chi connectivity index (χ4v) is 4.78. The third-order valence-electron chi connectivity index (χ3n) is 6.62. The summed E-state index contributed by atoms with van der Waals surface area (Å²) in [6.45, 7) is 3.52. The van der Waals surface area contributed by atoms with E-state index in [1.165, 1.54) is 0 Å². The van der Waals surface area contributed by atoms with E-state index in [9.17, 15) is 14.9 Å². The van der Waals surface area contributed by atoms with E-state index in [0.29, 0.717) is 57.8 Å². The highest BCUT2D eigenvalue weighted by atomic mass is 16.5. The zero-order valence-electron chi connectivity index (χ0n) is 17.3. The number of nitrogens with one attached hydrogen (secondary N) is 1. The Kier molecular flexibility index (Phi) is 4.87. The third kappa shape index (κ3) is 3.53. The lowest BCUT2D eigenvalue weighted by molar-refractivity contribution is -0.125. The lowest BCUT2D eigenvalue weighted by Crippen LogP contribution is -2.43. The minimum atomic E-state index is -0.532. The van der Waals surface area contributed by atoms with E-state index in [1.807, 2.05) is 41.3 Å². The molecule has 2 amide bonds. The van der Waals surface area contributed by atoms with Crippen LogP contribution in [0.1, 0.15) is 22.3 Å². The number of rotatable bonds is 2. The number of benzene rings is 2. The maximum atomic E-state index is 12.7. The van der Waals surface area contributed by atoms with E-state index in [2.05, 4.69) is 17.6 Å². The number of fused-ring (bicyclic) bond motifs is 1. The van der Waals surface area contributed by atoms with Gasteiger partial charge in [0.25, 0.3) is 5.91 Å². The van der Waals surface area contributed by atoms with Crippen molar-refractivity contribution in [3.05, 3.63) is 53.6 Å². The largest absolute Gasteiger partial charge is 0.378 e. The lowest BCUT2D eigenvalue weighted by atomic mass is 9.76. The summed E-state index contributed by atoms with van der Waals surface area (Å²) in [5, 5.41) is 12.3. The summed E-state index contributed by atoms with van der Waals surface area (Å²) in [5.41, 5.74) is 4.15. The molecule has 1 atom stereocenters. The van der Waals surface area contributed by atoms with Crippen LogP contribution in [0.4, 0.5) is 5.69 Å². The zero-order chi connectivity index (χ0) is 21.4.